The van der Waals surface area contributed by atoms with Gasteiger partial charge in [0.1, 0.15) is 79.0 Å². The van der Waals surface area contributed by atoms with Gasteiger partial charge in [-0.3, -0.25) is 9.59 Å². The zero-order valence-corrected chi connectivity index (χ0v) is 25.3. The second kappa shape index (κ2) is 18.3. The van der Waals surface area contributed by atoms with Gasteiger partial charge in [0.25, 0.3) is 0 Å². The first-order valence-corrected chi connectivity index (χ1v) is 15.1. The summed E-state index contributed by atoms with van der Waals surface area (Å²) >= 11 is 0. The predicted molar refractivity (Wildman–Crippen MR) is 147 cm³/mol. The summed E-state index contributed by atoms with van der Waals surface area (Å²) in [6.45, 7) is -0.0504. The Bertz CT molecular complexity index is 942. The molecule has 46 heavy (non-hydrogen) atoms. The van der Waals surface area contributed by atoms with Crippen LogP contribution >= 0.6 is 0 Å². The lowest BCUT2D eigenvalue weighted by Crippen LogP contribution is -2.65. The van der Waals surface area contributed by atoms with E-state index in [1.54, 1.807) is 6.92 Å². The molecule has 0 unspecified atom stereocenters. The molecule has 19 nitrogen and oxygen atoms in total. The largest absolute Gasteiger partial charge is 0.394 e. The van der Waals surface area contributed by atoms with Crippen molar-refractivity contribution in [3.8, 4) is 0 Å². The lowest BCUT2D eigenvalue weighted by Gasteiger charge is -2.46. The summed E-state index contributed by atoms with van der Waals surface area (Å²) in [4.78, 5) is 23.7. The molecule has 0 bridgehead atoms. The smallest absolute Gasteiger partial charge is 0.220 e. The second-order valence-corrected chi connectivity index (χ2v) is 11.3. The average Bonchev–Trinajstić information content (AvgIpc) is 3.04. The van der Waals surface area contributed by atoms with E-state index in [1.807, 2.05) is 0 Å². The molecule has 3 fully saturated rings. The van der Waals surface area contributed by atoms with Gasteiger partial charge < -0.3 is 84.8 Å². The number of carbonyl (C=O) groups is 2. The van der Waals surface area contributed by atoms with Gasteiger partial charge in [0.2, 0.25) is 5.91 Å². The highest BCUT2D eigenvalue weighted by Crippen LogP contribution is 2.31. The number of Topliss-reactive ketones (excluding diaryl/α,β-unsaturated/α-hetero) is 1. The minimum atomic E-state index is -1.88. The van der Waals surface area contributed by atoms with Gasteiger partial charge >= 0.3 is 0 Å². The van der Waals surface area contributed by atoms with Gasteiger partial charge in [-0.05, 0) is 13.3 Å². The van der Waals surface area contributed by atoms with Crippen molar-refractivity contribution in [2.24, 2.45) is 0 Å². The second-order valence-electron chi connectivity index (χ2n) is 11.3. The topological polar surface area (TPSA) is 304 Å². The van der Waals surface area contributed by atoms with Crippen LogP contribution < -0.4 is 5.32 Å². The number of hydrogen-bond acceptors (Lipinski definition) is 18. The molecule has 0 radical (unpaired) electrons. The monoisotopic (exact) mass is 673 g/mol. The number of aliphatic hydroxyl groups is 10. The first-order chi connectivity index (χ1) is 21.8. The molecule has 3 aliphatic rings. The van der Waals surface area contributed by atoms with E-state index in [9.17, 15) is 60.7 Å². The van der Waals surface area contributed by atoms with Gasteiger partial charge in [-0.15, -0.1) is 0 Å². The summed E-state index contributed by atoms with van der Waals surface area (Å²) in [5.74, 6) is -0.461. The summed E-state index contributed by atoms with van der Waals surface area (Å²) in [5.41, 5.74) is 0. The van der Waals surface area contributed by atoms with Crippen molar-refractivity contribution >= 4 is 11.7 Å². The first kappa shape index (κ1) is 38.9. The minimum absolute atomic E-state index is 0.0208. The van der Waals surface area contributed by atoms with E-state index in [4.69, 9.17) is 28.4 Å². The predicted octanol–water partition coefficient (Wildman–Crippen LogP) is -6.28. The van der Waals surface area contributed by atoms with Crippen LogP contribution in [0.1, 0.15) is 32.6 Å². The van der Waals surface area contributed by atoms with Crippen molar-refractivity contribution in [1.82, 2.24) is 5.32 Å². The third-order valence-corrected chi connectivity index (χ3v) is 7.94. The number of carbonyl (C=O) groups excluding carboxylic acids is 2. The van der Waals surface area contributed by atoms with Crippen LogP contribution in [0.3, 0.4) is 0 Å². The lowest BCUT2D eigenvalue weighted by atomic mass is 9.96. The molecule has 268 valence electrons. The molecule has 3 heterocycles. The Labute approximate surface area is 264 Å². The molecule has 0 spiro atoms. The zero-order valence-electron chi connectivity index (χ0n) is 25.3. The molecule has 3 saturated heterocycles. The van der Waals surface area contributed by atoms with Gasteiger partial charge in [-0.25, -0.2) is 0 Å². The van der Waals surface area contributed by atoms with Crippen LogP contribution in [-0.2, 0) is 38.0 Å². The van der Waals surface area contributed by atoms with Crippen molar-refractivity contribution in [2.45, 2.75) is 125 Å². The molecule has 0 aromatic rings. The maximum Gasteiger partial charge on any atom is 0.220 e. The fraction of sp³-hybridized carbons (Fsp3) is 0.926. The van der Waals surface area contributed by atoms with Crippen molar-refractivity contribution in [3.63, 3.8) is 0 Å². The summed E-state index contributed by atoms with van der Waals surface area (Å²) in [6.07, 6.45) is -24.6. The summed E-state index contributed by atoms with van der Waals surface area (Å²) < 4.78 is 33.1. The molecule has 0 saturated carbocycles. The van der Waals surface area contributed by atoms with Gasteiger partial charge in [0, 0.05) is 25.8 Å². The van der Waals surface area contributed by atoms with Crippen LogP contribution in [-0.4, -0.2) is 188 Å². The Morgan fingerprint density at radius 2 is 1.17 bits per heavy atom. The van der Waals surface area contributed by atoms with E-state index in [1.165, 1.54) is 0 Å². The van der Waals surface area contributed by atoms with Gasteiger partial charge in [0.05, 0.1) is 26.4 Å². The maximum atomic E-state index is 12.2. The van der Waals surface area contributed by atoms with E-state index in [2.05, 4.69) is 5.32 Å². The highest BCUT2D eigenvalue weighted by Gasteiger charge is 2.52. The molecular formula is C27H47NO18. The Morgan fingerprint density at radius 3 is 1.76 bits per heavy atom. The molecule has 1 amide bonds. The number of amides is 1. The number of hydrogen-bond donors (Lipinski definition) is 11. The van der Waals surface area contributed by atoms with Crippen LogP contribution in [0.15, 0.2) is 0 Å². The Balaban J connectivity index is 1.68. The van der Waals surface area contributed by atoms with Crippen LogP contribution in [0.2, 0.25) is 0 Å². The van der Waals surface area contributed by atoms with Crippen LogP contribution in [0.4, 0.5) is 0 Å². The fourth-order valence-corrected chi connectivity index (χ4v) is 5.20. The number of nitrogens with one attached hydrogen (secondary N) is 1. The van der Waals surface area contributed by atoms with E-state index < -0.39 is 112 Å². The molecular weight excluding hydrogens is 626 g/mol. The quantitative estimate of drug-likeness (QED) is 0.0679. The number of ether oxygens (including phenoxy) is 6. The average molecular weight is 674 g/mol. The van der Waals surface area contributed by atoms with E-state index in [0.29, 0.717) is 6.54 Å². The van der Waals surface area contributed by atoms with Crippen LogP contribution in [0, 0.1) is 0 Å². The maximum absolute atomic E-state index is 12.2. The third-order valence-electron chi connectivity index (χ3n) is 7.94. The van der Waals surface area contributed by atoms with Crippen LogP contribution in [0.5, 0.6) is 0 Å². The molecule has 0 aliphatic carbocycles. The Hall–Kier alpha value is -1.50. The number of ketones is 1. The molecule has 3 aliphatic heterocycles. The van der Waals surface area contributed by atoms with E-state index in [0.717, 1.165) is 0 Å². The highest BCUT2D eigenvalue weighted by molar-refractivity contribution is 5.84. The van der Waals surface area contributed by atoms with Crippen molar-refractivity contribution < 1.29 is 89.1 Å². The highest BCUT2D eigenvalue weighted by atomic mass is 16.7. The van der Waals surface area contributed by atoms with Crippen LogP contribution in [0.25, 0.3) is 0 Å². The Kier molecular flexibility index (Phi) is 15.5. The standard InChI is InChI=1S/C27H47NO18/c1-2-28-15(32)6-5-11(31)4-3-7-41-26-23(40)24(46-27-22(39)20(37)17(34)13(9-30)44-27)18(35)14(45-26)10-42-25-21(38)19(36)16(33)12(8-29)43-25/h12-14,16-27,29-30,33-40H,2-10H2,1H3,(H,28,32)/t12-,13-,14-,16-,17-,18-,19+,20+,21+,22+,23+,24+,25+,26-,27-/m1/s1. The van der Waals surface area contributed by atoms with E-state index >= 15 is 0 Å². The van der Waals surface area contributed by atoms with Crippen molar-refractivity contribution in [1.29, 1.82) is 0 Å². The summed E-state index contributed by atoms with van der Waals surface area (Å²) in [7, 11) is 0. The molecule has 19 heteroatoms. The first-order valence-electron chi connectivity index (χ1n) is 15.1. The zero-order chi connectivity index (χ0) is 34.1. The van der Waals surface area contributed by atoms with E-state index in [-0.39, 0.29) is 44.0 Å². The van der Waals surface area contributed by atoms with Gasteiger partial charge in [0.15, 0.2) is 18.9 Å². The molecule has 3 rings (SSSR count). The van der Waals surface area contributed by atoms with Gasteiger partial charge in [-0.1, -0.05) is 0 Å². The summed E-state index contributed by atoms with van der Waals surface area (Å²) in [5, 5.41) is 105. The Morgan fingerprint density at radius 1 is 0.630 bits per heavy atom. The third kappa shape index (κ3) is 9.78. The van der Waals surface area contributed by atoms with Gasteiger partial charge in [-0.2, -0.15) is 0 Å². The number of rotatable bonds is 16. The normalized spacial score (nSPS) is 41.7. The SMILES string of the molecule is CCNC(=O)CCC(=O)CCCO[C@@H]1O[C@H](CO[C@H]2O[C@H](CO)[C@@H](O)[C@H](O)[C@@H]2O)[C@@H](O)[C@H](O[C@H]2O[C@H](CO)[C@@H](O)[C@H](O)[C@@H]2O)[C@@H]1O. The molecule has 0 aromatic carbocycles. The van der Waals surface area contributed by atoms with Crippen molar-refractivity contribution in [3.05, 3.63) is 0 Å². The molecule has 11 N–H and O–H groups in total. The van der Waals surface area contributed by atoms with Crippen molar-refractivity contribution in [2.75, 3.05) is 33.0 Å². The fourth-order valence-electron chi connectivity index (χ4n) is 5.20. The molecule has 0 aromatic heterocycles. The lowest BCUT2D eigenvalue weighted by molar-refractivity contribution is -0.366. The number of aliphatic hydroxyl groups excluding tert-OH is 10. The summed E-state index contributed by atoms with van der Waals surface area (Å²) in [6, 6.07) is 0. The minimum Gasteiger partial charge on any atom is -0.394 e. The molecule has 15 atom stereocenters.